The highest BCUT2D eigenvalue weighted by Crippen LogP contribution is 2.33. The molecule has 1 aliphatic heterocycles. The van der Waals surface area contributed by atoms with Gasteiger partial charge < -0.3 is 4.90 Å². The van der Waals surface area contributed by atoms with Gasteiger partial charge in [-0.15, -0.1) is 10.2 Å². The Bertz CT molecular complexity index is 1050. The summed E-state index contributed by atoms with van der Waals surface area (Å²) < 4.78 is 27.2. The van der Waals surface area contributed by atoms with Gasteiger partial charge in [0.25, 0.3) is 10.0 Å². The average Bonchev–Trinajstić information content (AvgIpc) is 3.06. The molecule has 0 fully saturated rings. The predicted octanol–water partition coefficient (Wildman–Crippen LogP) is 3.63. The Kier molecular flexibility index (Phi) is 4.26. The molecule has 0 saturated heterocycles. The minimum Gasteiger partial charge on any atom is -0.324 e. The fraction of sp³-hybridized carbons (Fsp3) is 0.111. The van der Waals surface area contributed by atoms with E-state index in [2.05, 4.69) is 25.9 Å². The van der Waals surface area contributed by atoms with Gasteiger partial charge in [-0.2, -0.15) is 0 Å². The van der Waals surface area contributed by atoms with Crippen molar-refractivity contribution < 1.29 is 8.42 Å². The summed E-state index contributed by atoms with van der Waals surface area (Å²) in [5, 5.41) is 8.54. The molecule has 1 aliphatic rings. The van der Waals surface area contributed by atoms with Gasteiger partial charge in [-0.05, 0) is 48.4 Å². The molecule has 1 aromatic heterocycles. The fourth-order valence-corrected chi connectivity index (χ4v) is 4.23. The Morgan fingerprint density at radius 3 is 2.62 bits per heavy atom. The minimum absolute atomic E-state index is 0.0735. The number of para-hydroxylation sites is 1. The molecule has 4 rings (SSSR count). The lowest BCUT2D eigenvalue weighted by atomic mass is 10.2. The maximum absolute atomic E-state index is 12.4. The molecule has 0 saturated carbocycles. The highest BCUT2D eigenvalue weighted by atomic mass is 35.5. The molecule has 0 spiro atoms. The van der Waals surface area contributed by atoms with E-state index in [0.29, 0.717) is 10.8 Å². The Morgan fingerprint density at radius 1 is 1.00 bits per heavy atom. The molecule has 0 amide bonds. The maximum Gasteiger partial charge on any atom is 0.263 e. The van der Waals surface area contributed by atoms with Crippen LogP contribution in [0.25, 0.3) is 0 Å². The molecule has 8 heteroatoms. The number of nitrogens with one attached hydrogen (secondary N) is 1. The second kappa shape index (κ2) is 6.59. The van der Waals surface area contributed by atoms with E-state index in [1.165, 1.54) is 17.7 Å². The van der Waals surface area contributed by atoms with Crippen LogP contribution in [-0.2, 0) is 16.4 Å². The van der Waals surface area contributed by atoms with E-state index in [-0.39, 0.29) is 10.7 Å². The van der Waals surface area contributed by atoms with Gasteiger partial charge in [-0.3, -0.25) is 4.72 Å². The van der Waals surface area contributed by atoms with Gasteiger partial charge in [0, 0.05) is 17.3 Å². The number of sulfonamides is 1. The number of anilines is 3. The topological polar surface area (TPSA) is 75.2 Å². The third kappa shape index (κ3) is 3.23. The van der Waals surface area contributed by atoms with Crippen LogP contribution >= 0.6 is 11.6 Å². The van der Waals surface area contributed by atoms with Crippen molar-refractivity contribution >= 4 is 38.9 Å². The zero-order valence-electron chi connectivity index (χ0n) is 13.6. The van der Waals surface area contributed by atoms with E-state index in [1.54, 1.807) is 24.3 Å². The van der Waals surface area contributed by atoms with Crippen LogP contribution in [0.3, 0.4) is 0 Å². The number of aromatic nitrogens is 2. The van der Waals surface area contributed by atoms with Crippen molar-refractivity contribution in [2.45, 2.75) is 11.3 Å². The second-order valence-electron chi connectivity index (χ2n) is 5.87. The number of halogens is 1. The molecule has 0 atom stereocenters. The summed E-state index contributed by atoms with van der Waals surface area (Å²) in [4.78, 5) is 2.14. The first-order chi connectivity index (χ1) is 12.5. The molecule has 0 unspecified atom stereocenters. The molecule has 0 aliphatic carbocycles. The molecular formula is C18H15ClN4O2S. The van der Waals surface area contributed by atoms with Gasteiger partial charge in [0.05, 0.1) is 4.90 Å². The van der Waals surface area contributed by atoms with Crippen LogP contribution in [0, 0.1) is 0 Å². The summed E-state index contributed by atoms with van der Waals surface area (Å²) in [6.07, 6.45) is 0.945. The fourth-order valence-electron chi connectivity index (χ4n) is 2.93. The standard InChI is InChI=1S/C18H15ClN4O2S/c19-14-5-3-6-15(12-14)26(24,25)22-17-8-9-18(21-20-17)23-11-10-13-4-1-2-7-16(13)23/h1-9,12H,10-11H2,(H,20,22). The van der Waals surface area contributed by atoms with Crippen LogP contribution < -0.4 is 9.62 Å². The van der Waals surface area contributed by atoms with Crippen LogP contribution in [0.4, 0.5) is 17.3 Å². The maximum atomic E-state index is 12.4. The van der Waals surface area contributed by atoms with Crippen molar-refractivity contribution in [1.29, 1.82) is 0 Å². The molecule has 0 radical (unpaired) electrons. The first kappa shape index (κ1) is 16.8. The largest absolute Gasteiger partial charge is 0.324 e. The van der Waals surface area contributed by atoms with Crippen LogP contribution in [0.2, 0.25) is 5.02 Å². The first-order valence-electron chi connectivity index (χ1n) is 8.00. The zero-order chi connectivity index (χ0) is 18.1. The molecule has 2 aromatic carbocycles. The second-order valence-corrected chi connectivity index (χ2v) is 7.99. The number of hydrogen-bond donors (Lipinski definition) is 1. The predicted molar refractivity (Wildman–Crippen MR) is 101 cm³/mol. The highest BCUT2D eigenvalue weighted by Gasteiger charge is 2.21. The molecule has 0 bridgehead atoms. The van der Waals surface area contributed by atoms with E-state index in [9.17, 15) is 8.42 Å². The van der Waals surface area contributed by atoms with Gasteiger partial charge in [0.2, 0.25) is 0 Å². The van der Waals surface area contributed by atoms with Crippen LogP contribution in [0.1, 0.15) is 5.56 Å². The molecule has 2 heterocycles. The summed E-state index contributed by atoms with van der Waals surface area (Å²) in [5.41, 5.74) is 2.37. The van der Waals surface area contributed by atoms with Gasteiger partial charge >= 0.3 is 0 Å². The number of fused-ring (bicyclic) bond motifs is 1. The van der Waals surface area contributed by atoms with Crippen molar-refractivity contribution in [3.63, 3.8) is 0 Å². The summed E-state index contributed by atoms with van der Waals surface area (Å²) in [6.45, 7) is 0.821. The summed E-state index contributed by atoms with van der Waals surface area (Å²) in [5.74, 6) is 0.835. The van der Waals surface area contributed by atoms with E-state index in [1.807, 2.05) is 18.2 Å². The van der Waals surface area contributed by atoms with Crippen molar-refractivity contribution in [3.05, 3.63) is 71.2 Å². The quantitative estimate of drug-likeness (QED) is 0.741. The third-order valence-corrected chi connectivity index (χ3v) is 5.75. The summed E-state index contributed by atoms with van der Waals surface area (Å²) in [7, 11) is -3.77. The van der Waals surface area contributed by atoms with Crippen molar-refractivity contribution in [2.75, 3.05) is 16.2 Å². The van der Waals surface area contributed by atoms with Gasteiger partial charge in [0.15, 0.2) is 11.6 Å². The van der Waals surface area contributed by atoms with E-state index >= 15 is 0 Å². The lowest BCUT2D eigenvalue weighted by Gasteiger charge is -2.17. The van der Waals surface area contributed by atoms with Gasteiger partial charge in [-0.25, -0.2) is 8.42 Å². The number of rotatable bonds is 4. The molecule has 1 N–H and O–H groups in total. The van der Waals surface area contributed by atoms with Crippen LogP contribution in [-0.4, -0.2) is 25.2 Å². The first-order valence-corrected chi connectivity index (χ1v) is 9.87. The Hall–Kier alpha value is -2.64. The van der Waals surface area contributed by atoms with E-state index in [0.717, 1.165) is 18.7 Å². The smallest absolute Gasteiger partial charge is 0.263 e. The van der Waals surface area contributed by atoms with Crippen molar-refractivity contribution in [2.24, 2.45) is 0 Å². The average molecular weight is 387 g/mol. The zero-order valence-corrected chi connectivity index (χ0v) is 15.2. The Balaban J connectivity index is 1.56. The third-order valence-electron chi connectivity index (χ3n) is 4.16. The van der Waals surface area contributed by atoms with Crippen LogP contribution in [0.5, 0.6) is 0 Å². The summed E-state index contributed by atoms with van der Waals surface area (Å²) in [6, 6.07) is 17.5. The molecular weight excluding hydrogens is 372 g/mol. The molecule has 6 nitrogen and oxygen atoms in total. The van der Waals surface area contributed by atoms with Gasteiger partial charge in [-0.1, -0.05) is 35.9 Å². The Labute approximate surface area is 156 Å². The Morgan fingerprint density at radius 2 is 1.85 bits per heavy atom. The van der Waals surface area contributed by atoms with Crippen LogP contribution in [0.15, 0.2) is 65.6 Å². The van der Waals surface area contributed by atoms with E-state index in [4.69, 9.17) is 11.6 Å². The van der Waals surface area contributed by atoms with Gasteiger partial charge in [0.1, 0.15) is 0 Å². The number of hydrogen-bond acceptors (Lipinski definition) is 5. The number of benzene rings is 2. The number of nitrogens with zero attached hydrogens (tertiary/aromatic N) is 3. The monoisotopic (exact) mass is 386 g/mol. The lowest BCUT2D eigenvalue weighted by molar-refractivity contribution is 0.601. The molecule has 3 aromatic rings. The highest BCUT2D eigenvalue weighted by molar-refractivity contribution is 7.92. The SMILES string of the molecule is O=S(=O)(Nc1ccc(N2CCc3ccccc32)nn1)c1cccc(Cl)c1. The normalized spacial score (nSPS) is 13.5. The molecule has 26 heavy (non-hydrogen) atoms. The van der Waals surface area contributed by atoms with Crippen molar-refractivity contribution in [3.8, 4) is 0 Å². The summed E-state index contributed by atoms with van der Waals surface area (Å²) >= 11 is 5.86. The van der Waals surface area contributed by atoms with E-state index < -0.39 is 10.0 Å². The lowest BCUT2D eigenvalue weighted by Crippen LogP contribution is -2.17. The minimum atomic E-state index is -3.77. The van der Waals surface area contributed by atoms with Crippen molar-refractivity contribution in [1.82, 2.24) is 10.2 Å². The molecule has 132 valence electrons.